The van der Waals surface area contributed by atoms with Crippen LogP contribution in [0.5, 0.6) is 5.75 Å². The summed E-state index contributed by atoms with van der Waals surface area (Å²) in [6.07, 6.45) is 2.61. The molecular formula is C30H39N10O11S2+. The molecule has 3 amide bonds. The van der Waals surface area contributed by atoms with E-state index >= 15 is 0 Å². The number of nitrogens with two attached hydrogens (primary N) is 2. The Labute approximate surface area is 306 Å². The Morgan fingerprint density at radius 3 is 2.53 bits per heavy atom. The van der Waals surface area contributed by atoms with Crippen molar-refractivity contribution in [1.82, 2.24) is 25.4 Å². The number of aromatic nitrogens is 3. The van der Waals surface area contributed by atoms with Crippen LogP contribution in [0.2, 0.25) is 0 Å². The van der Waals surface area contributed by atoms with Gasteiger partial charge in [-0.1, -0.05) is 5.16 Å². The van der Waals surface area contributed by atoms with Gasteiger partial charge in [-0.25, -0.2) is 9.78 Å². The number of carboxylic acid groups (broad SMARTS) is 1. The van der Waals surface area contributed by atoms with Crippen molar-refractivity contribution in [2.45, 2.75) is 51.0 Å². The van der Waals surface area contributed by atoms with Crippen molar-refractivity contribution in [2.75, 3.05) is 37.3 Å². The molecule has 2 aliphatic rings. The highest BCUT2D eigenvalue weighted by atomic mass is 32.3. The summed E-state index contributed by atoms with van der Waals surface area (Å²) in [4.78, 5) is 60.1. The Morgan fingerprint density at radius 1 is 1.25 bits per heavy atom. The third-order valence-electron chi connectivity index (χ3n) is 8.23. The minimum Gasteiger partial charge on any atom is -0.489 e. The van der Waals surface area contributed by atoms with Gasteiger partial charge in [-0.05, 0) is 51.1 Å². The molecule has 0 spiro atoms. The van der Waals surface area contributed by atoms with Crippen molar-refractivity contribution in [2.24, 2.45) is 16.8 Å². The molecule has 53 heavy (non-hydrogen) atoms. The fourth-order valence-electron chi connectivity index (χ4n) is 5.26. The van der Waals surface area contributed by atoms with E-state index in [1.165, 1.54) is 31.4 Å². The molecule has 2 aromatic heterocycles. The molecule has 286 valence electrons. The number of oxime groups is 1. The van der Waals surface area contributed by atoms with Gasteiger partial charge in [0.2, 0.25) is 6.20 Å². The second-order valence-electron chi connectivity index (χ2n) is 12.6. The lowest BCUT2D eigenvalue weighted by molar-refractivity contribution is -0.781. The van der Waals surface area contributed by atoms with E-state index in [2.05, 4.69) is 30.4 Å². The number of hydrogen-bond donors (Lipinski definition) is 7. The van der Waals surface area contributed by atoms with Crippen LogP contribution in [0.4, 0.5) is 10.8 Å². The largest absolute Gasteiger partial charge is 0.489 e. The fourth-order valence-corrected chi connectivity index (χ4v) is 6.26. The molecule has 2 atom stereocenters. The third-order valence-corrected chi connectivity index (χ3v) is 9.24. The number of carbonyl (C=O) groups excluding carboxylic acids is 3. The van der Waals surface area contributed by atoms with Gasteiger partial charge < -0.3 is 42.1 Å². The van der Waals surface area contributed by atoms with Gasteiger partial charge in [-0.2, -0.15) is 18.2 Å². The Bertz CT molecular complexity index is 1980. The summed E-state index contributed by atoms with van der Waals surface area (Å²) in [6.45, 7) is 5.94. The summed E-state index contributed by atoms with van der Waals surface area (Å²) >= 11 is 0.942. The number of amides is 3. The molecular weight excluding hydrogens is 741 g/mol. The molecule has 9 N–H and O–H groups in total. The number of carboxylic acids is 1. The zero-order valence-corrected chi connectivity index (χ0v) is 30.1. The van der Waals surface area contributed by atoms with Gasteiger partial charge in [0, 0.05) is 30.1 Å². The van der Waals surface area contributed by atoms with E-state index in [4.69, 9.17) is 25.6 Å². The number of hydrogen-bond acceptors (Lipinski definition) is 15. The molecule has 0 bridgehead atoms. The maximum Gasteiger partial charge on any atom is 0.418 e. The van der Waals surface area contributed by atoms with E-state index in [-0.39, 0.29) is 22.5 Å². The van der Waals surface area contributed by atoms with Gasteiger partial charge in [0.05, 0.1) is 18.3 Å². The van der Waals surface area contributed by atoms with Crippen molar-refractivity contribution in [3.05, 3.63) is 53.3 Å². The van der Waals surface area contributed by atoms with Gasteiger partial charge in [0.15, 0.2) is 17.4 Å². The summed E-state index contributed by atoms with van der Waals surface area (Å²) in [5.41, 5.74) is 10.2. The van der Waals surface area contributed by atoms with Crippen molar-refractivity contribution >= 4 is 62.0 Å². The summed E-state index contributed by atoms with van der Waals surface area (Å²) in [6, 6.07) is 4.82. The Hall–Kier alpha value is -5.20. The van der Waals surface area contributed by atoms with Crippen LogP contribution in [0.1, 0.15) is 36.3 Å². The average Bonchev–Trinajstić information content (AvgIpc) is 3.70. The molecule has 2 fully saturated rings. The second kappa shape index (κ2) is 16.2. The highest BCUT2D eigenvalue weighted by Gasteiger charge is 2.58. The van der Waals surface area contributed by atoms with Crippen molar-refractivity contribution in [3.63, 3.8) is 0 Å². The van der Waals surface area contributed by atoms with Crippen molar-refractivity contribution < 1.29 is 55.8 Å². The lowest BCUT2D eigenvalue weighted by Crippen LogP contribution is -2.76. The number of aliphatic carboxylic acids is 1. The maximum absolute atomic E-state index is 13.3. The second-order valence-corrected chi connectivity index (χ2v) is 14.5. The quantitative estimate of drug-likeness (QED) is 0.0260. The minimum absolute atomic E-state index is 0.0392. The molecule has 21 nitrogen and oxygen atoms in total. The number of aryl methyl sites for hydroxylation is 1. The number of β-lactam (4-membered cyclic amide) rings is 1. The molecule has 0 aliphatic carbocycles. The number of nitrogens with zero attached hydrogens (tertiary/aromatic N) is 5. The smallest absolute Gasteiger partial charge is 0.418 e. The standard InChI is InChI=1S/C30H38N10O11S2/c1-30(2)24(27(43)40(30)51-53(46,47)48)36-26(42)23(21-16-52-29(32)35-21)37-50-22(28(44)45)15-49-20-6-4-19(5-7-20)34-25(41)18-13-38(9-3-8-31)39(14-18)12-17-10-33-11-17/h4-7,13-14,16-17,22,24,33H,3,8-12,15,31H2,1-2H3,(H5-,32,34,35,36,41,42,44,45,46,47,48)/p+1/b37-23-/t22-,24+/m0/s1. The van der Waals surface area contributed by atoms with E-state index in [9.17, 15) is 32.7 Å². The topological polar surface area (TPSA) is 296 Å². The van der Waals surface area contributed by atoms with E-state index in [1.807, 2.05) is 9.36 Å². The molecule has 23 heteroatoms. The molecule has 0 unspecified atom stereocenters. The van der Waals surface area contributed by atoms with Crippen LogP contribution in [0, 0.1) is 5.92 Å². The zero-order chi connectivity index (χ0) is 38.5. The minimum atomic E-state index is -5.04. The first-order chi connectivity index (χ1) is 25.0. The predicted octanol–water partition coefficient (Wildman–Crippen LogP) is -1.27. The Balaban J connectivity index is 1.21. The summed E-state index contributed by atoms with van der Waals surface area (Å²) in [7, 11) is -5.04. The molecule has 0 radical (unpaired) electrons. The van der Waals surface area contributed by atoms with Crippen LogP contribution in [0.25, 0.3) is 0 Å². The number of ether oxygens (including phenoxy) is 1. The Morgan fingerprint density at radius 2 is 1.96 bits per heavy atom. The molecule has 2 aliphatic heterocycles. The highest BCUT2D eigenvalue weighted by Crippen LogP contribution is 2.33. The summed E-state index contributed by atoms with van der Waals surface area (Å²) in [5, 5.41) is 23.7. The average molecular weight is 780 g/mol. The van der Waals surface area contributed by atoms with Gasteiger partial charge in [0.1, 0.15) is 29.7 Å². The van der Waals surface area contributed by atoms with Crippen LogP contribution < -0.4 is 36.8 Å². The number of rotatable bonds is 18. The predicted molar refractivity (Wildman–Crippen MR) is 186 cm³/mol. The summed E-state index contributed by atoms with van der Waals surface area (Å²) in [5.74, 6) is -3.16. The van der Waals surface area contributed by atoms with E-state index in [0.29, 0.717) is 35.3 Å². The molecule has 0 saturated carbocycles. The molecule has 2 saturated heterocycles. The van der Waals surface area contributed by atoms with Crippen LogP contribution in [-0.4, -0.2) is 106 Å². The molecule has 3 aromatic rings. The van der Waals surface area contributed by atoms with E-state index < -0.39 is 58.2 Å². The van der Waals surface area contributed by atoms with Gasteiger partial charge in [-0.3, -0.25) is 18.9 Å². The number of hydroxylamine groups is 2. The van der Waals surface area contributed by atoms with Crippen molar-refractivity contribution in [3.8, 4) is 5.75 Å². The monoisotopic (exact) mass is 779 g/mol. The number of carbonyl (C=O) groups is 4. The number of nitrogen functional groups attached to an aromatic ring is 1. The molecule has 5 rings (SSSR count). The lowest BCUT2D eigenvalue weighted by atomic mass is 9.84. The van der Waals surface area contributed by atoms with Crippen LogP contribution in [0.15, 0.2) is 47.2 Å². The van der Waals surface area contributed by atoms with Gasteiger partial charge >= 0.3 is 16.4 Å². The van der Waals surface area contributed by atoms with E-state index in [1.54, 1.807) is 24.5 Å². The fraction of sp³-hybridized carbons (Fsp3) is 0.433. The SMILES string of the molecule is CC1(C)[C@H](NC(=O)/C(=N\O[C@@H](COc2ccc(NC(=O)c3cn(CCCN)[n+](CC4CNC4)c3)cc2)C(=O)O)c2csc(N)n2)C(=O)N1OS(=O)(=O)O. The molecule has 1 aromatic carbocycles. The highest BCUT2D eigenvalue weighted by molar-refractivity contribution is 7.80. The maximum atomic E-state index is 13.3. The van der Waals surface area contributed by atoms with Crippen molar-refractivity contribution in [1.29, 1.82) is 0 Å². The first-order valence-corrected chi connectivity index (χ1v) is 18.3. The number of anilines is 2. The Kier molecular flexibility index (Phi) is 11.9. The first kappa shape index (κ1) is 39.0. The van der Waals surface area contributed by atoms with E-state index in [0.717, 1.165) is 37.4 Å². The lowest BCUT2D eigenvalue weighted by Gasteiger charge is -2.50. The first-order valence-electron chi connectivity index (χ1n) is 16.1. The number of nitrogens with one attached hydrogen (secondary N) is 3. The zero-order valence-electron chi connectivity index (χ0n) is 28.5. The van der Waals surface area contributed by atoms with Gasteiger partial charge in [-0.15, -0.1) is 20.3 Å². The number of benzene rings is 1. The van der Waals surface area contributed by atoms with Crippen LogP contribution in [-0.2, 0) is 47.0 Å². The van der Waals surface area contributed by atoms with Crippen LogP contribution in [0.3, 0.4) is 0 Å². The molecule has 4 heterocycles. The summed E-state index contributed by atoms with van der Waals surface area (Å²) < 4.78 is 45.1. The third kappa shape index (κ3) is 9.62. The normalized spacial score (nSPS) is 17.7. The van der Waals surface area contributed by atoms with Gasteiger partial charge in [0.25, 0.3) is 23.8 Å². The number of thiazole rings is 1. The van der Waals surface area contributed by atoms with Crippen LogP contribution >= 0.6 is 11.3 Å².